The summed E-state index contributed by atoms with van der Waals surface area (Å²) in [4.78, 5) is 36.7. The first kappa shape index (κ1) is 24.7. The van der Waals surface area contributed by atoms with Gasteiger partial charge in [0.05, 0.1) is 17.3 Å². The van der Waals surface area contributed by atoms with Crippen LogP contribution in [-0.4, -0.2) is 21.6 Å². The van der Waals surface area contributed by atoms with Crippen LogP contribution in [0.5, 0.6) is 0 Å². The Morgan fingerprint density at radius 1 is 1.09 bits per heavy atom. The van der Waals surface area contributed by atoms with Crippen molar-refractivity contribution in [2.24, 2.45) is 0 Å². The maximum atomic E-state index is 13.1. The molecule has 0 bridgehead atoms. The molecule has 34 heavy (non-hydrogen) atoms. The van der Waals surface area contributed by atoms with Crippen LogP contribution < -0.4 is 16.1 Å². The molecule has 3 aromatic rings. The number of aromatic nitrogens is 2. The van der Waals surface area contributed by atoms with Crippen molar-refractivity contribution in [1.29, 1.82) is 0 Å². The van der Waals surface area contributed by atoms with E-state index in [9.17, 15) is 27.6 Å². The zero-order chi connectivity index (χ0) is 25.0. The minimum absolute atomic E-state index is 0.0686. The van der Waals surface area contributed by atoms with Crippen LogP contribution in [0.15, 0.2) is 59.4 Å². The third-order valence-electron chi connectivity index (χ3n) is 5.10. The number of rotatable bonds is 6. The molecule has 0 aliphatic carbocycles. The first-order valence-electron chi connectivity index (χ1n) is 10.5. The number of halogens is 3. The first-order chi connectivity index (χ1) is 16.0. The van der Waals surface area contributed by atoms with Gasteiger partial charge in [-0.05, 0) is 49.7 Å². The molecule has 10 heteroatoms. The van der Waals surface area contributed by atoms with Gasteiger partial charge in [0.25, 0.3) is 5.91 Å². The number of nitrogens with zero attached hydrogens (tertiary/aromatic N) is 2. The van der Waals surface area contributed by atoms with Crippen molar-refractivity contribution in [3.05, 3.63) is 87.3 Å². The molecule has 1 atom stereocenters. The van der Waals surface area contributed by atoms with Crippen LogP contribution in [0.1, 0.15) is 53.6 Å². The second kappa shape index (κ2) is 9.90. The lowest BCUT2D eigenvalue weighted by atomic mass is 10.1. The van der Waals surface area contributed by atoms with E-state index in [0.29, 0.717) is 17.7 Å². The topological polar surface area (TPSA) is 93.1 Å². The molecule has 2 N–H and O–H groups in total. The molecular formula is C24H23F3N4O3. The monoisotopic (exact) mass is 472 g/mol. The lowest BCUT2D eigenvalue weighted by Crippen LogP contribution is -2.33. The van der Waals surface area contributed by atoms with Gasteiger partial charge in [-0.2, -0.15) is 18.3 Å². The Labute approximate surface area is 193 Å². The molecule has 178 valence electrons. The second-order valence-electron chi connectivity index (χ2n) is 7.68. The van der Waals surface area contributed by atoms with Crippen molar-refractivity contribution >= 4 is 17.5 Å². The van der Waals surface area contributed by atoms with Gasteiger partial charge in [-0.15, -0.1) is 0 Å². The van der Waals surface area contributed by atoms with Crippen molar-refractivity contribution < 1.29 is 22.8 Å². The molecule has 1 aromatic heterocycles. The highest BCUT2D eigenvalue weighted by Gasteiger charge is 2.30. The standard InChI is InChI=1S/C24H23F3N4O3/c1-4-21(33)29-18-10-8-16(9-11-18)15(3)28-23(34)22-20(32)12-14(2)31(30-22)19-7-5-6-17(13-19)24(25,26)27/h5-13,15H,4H2,1-3H3,(H,28,34)(H,29,33). The summed E-state index contributed by atoms with van der Waals surface area (Å²) in [7, 11) is 0. The second-order valence-corrected chi connectivity index (χ2v) is 7.68. The van der Waals surface area contributed by atoms with E-state index in [-0.39, 0.29) is 17.3 Å². The normalized spacial score (nSPS) is 12.2. The minimum Gasteiger partial charge on any atom is -0.344 e. The predicted molar refractivity (Wildman–Crippen MR) is 121 cm³/mol. The van der Waals surface area contributed by atoms with Crippen LogP contribution in [0.2, 0.25) is 0 Å². The third-order valence-corrected chi connectivity index (χ3v) is 5.10. The largest absolute Gasteiger partial charge is 0.416 e. The average molecular weight is 472 g/mol. The lowest BCUT2D eigenvalue weighted by Gasteiger charge is -2.16. The van der Waals surface area contributed by atoms with Crippen LogP contribution >= 0.6 is 0 Å². The number of carbonyl (C=O) groups excluding carboxylic acids is 2. The maximum absolute atomic E-state index is 13.1. The highest BCUT2D eigenvalue weighted by molar-refractivity contribution is 5.92. The SMILES string of the molecule is CCC(=O)Nc1ccc(C(C)NC(=O)c2nn(-c3cccc(C(F)(F)F)c3)c(C)cc2=O)cc1. The minimum atomic E-state index is -4.55. The Hall–Kier alpha value is -3.95. The summed E-state index contributed by atoms with van der Waals surface area (Å²) in [5, 5.41) is 9.44. The van der Waals surface area contributed by atoms with Crippen LogP contribution in [0.4, 0.5) is 18.9 Å². The van der Waals surface area contributed by atoms with Gasteiger partial charge < -0.3 is 10.6 Å². The van der Waals surface area contributed by atoms with Gasteiger partial charge in [-0.1, -0.05) is 25.1 Å². The van der Waals surface area contributed by atoms with Crippen LogP contribution in [0, 0.1) is 6.92 Å². The summed E-state index contributed by atoms with van der Waals surface area (Å²) in [5.41, 5.74) is -0.294. The summed E-state index contributed by atoms with van der Waals surface area (Å²) in [6, 6.07) is 11.9. The van der Waals surface area contributed by atoms with Crippen molar-refractivity contribution in [2.45, 2.75) is 39.4 Å². The van der Waals surface area contributed by atoms with Crippen molar-refractivity contribution in [3.63, 3.8) is 0 Å². The molecule has 0 aliphatic rings. The Morgan fingerprint density at radius 3 is 2.38 bits per heavy atom. The highest BCUT2D eigenvalue weighted by atomic mass is 19.4. The van der Waals surface area contributed by atoms with Crippen LogP contribution in [0.3, 0.4) is 0 Å². The number of amides is 2. The first-order valence-corrected chi connectivity index (χ1v) is 10.5. The Kier molecular flexibility index (Phi) is 7.19. The van der Waals surface area contributed by atoms with Gasteiger partial charge in [0, 0.05) is 23.9 Å². The third kappa shape index (κ3) is 5.69. The molecule has 0 saturated heterocycles. The van der Waals surface area contributed by atoms with Crippen molar-refractivity contribution in [2.75, 3.05) is 5.32 Å². The molecule has 3 rings (SSSR count). The molecule has 0 aliphatic heterocycles. The fourth-order valence-electron chi connectivity index (χ4n) is 3.23. The van der Waals surface area contributed by atoms with E-state index in [0.717, 1.165) is 22.9 Å². The zero-order valence-corrected chi connectivity index (χ0v) is 18.7. The van der Waals surface area contributed by atoms with E-state index in [1.807, 2.05) is 0 Å². The Bertz CT molecular complexity index is 1270. The summed E-state index contributed by atoms with van der Waals surface area (Å²) < 4.78 is 40.4. The number of benzene rings is 2. The van der Waals surface area contributed by atoms with Gasteiger partial charge in [0.15, 0.2) is 5.69 Å². The van der Waals surface area contributed by atoms with Crippen LogP contribution in [0.25, 0.3) is 5.69 Å². The van der Waals surface area contributed by atoms with Gasteiger partial charge >= 0.3 is 6.18 Å². The number of aryl methyl sites for hydroxylation is 1. The molecule has 2 aromatic carbocycles. The fourth-order valence-corrected chi connectivity index (χ4v) is 3.23. The molecular weight excluding hydrogens is 449 g/mol. The van der Waals surface area contributed by atoms with Gasteiger partial charge in [0.1, 0.15) is 0 Å². The number of alkyl halides is 3. The Balaban J connectivity index is 1.84. The van der Waals surface area contributed by atoms with E-state index in [4.69, 9.17) is 0 Å². The maximum Gasteiger partial charge on any atom is 0.416 e. The zero-order valence-electron chi connectivity index (χ0n) is 18.7. The average Bonchev–Trinajstić information content (AvgIpc) is 2.79. The van der Waals surface area contributed by atoms with Gasteiger partial charge in [-0.25, -0.2) is 4.68 Å². The smallest absolute Gasteiger partial charge is 0.344 e. The molecule has 0 saturated carbocycles. The van der Waals surface area contributed by atoms with E-state index in [1.54, 1.807) is 38.1 Å². The number of nitrogens with one attached hydrogen (secondary N) is 2. The molecule has 0 spiro atoms. The van der Waals surface area contributed by atoms with E-state index < -0.39 is 34.8 Å². The lowest BCUT2D eigenvalue weighted by molar-refractivity contribution is -0.137. The number of carbonyl (C=O) groups is 2. The van der Waals surface area contributed by atoms with Gasteiger partial charge in [0.2, 0.25) is 11.3 Å². The Morgan fingerprint density at radius 2 is 1.76 bits per heavy atom. The highest BCUT2D eigenvalue weighted by Crippen LogP contribution is 2.30. The summed E-state index contributed by atoms with van der Waals surface area (Å²) in [6.07, 6.45) is -4.21. The van der Waals surface area contributed by atoms with Crippen LogP contribution in [-0.2, 0) is 11.0 Å². The number of hydrogen-bond acceptors (Lipinski definition) is 4. The number of hydrogen-bond donors (Lipinski definition) is 2. The van der Waals surface area contributed by atoms with Gasteiger partial charge in [-0.3, -0.25) is 14.4 Å². The molecule has 2 amide bonds. The molecule has 0 radical (unpaired) electrons. The molecule has 0 fully saturated rings. The van der Waals surface area contributed by atoms with E-state index >= 15 is 0 Å². The van der Waals surface area contributed by atoms with E-state index in [2.05, 4.69) is 15.7 Å². The van der Waals surface area contributed by atoms with Crippen molar-refractivity contribution in [3.8, 4) is 5.69 Å². The van der Waals surface area contributed by atoms with E-state index in [1.165, 1.54) is 19.1 Å². The molecule has 7 nitrogen and oxygen atoms in total. The summed E-state index contributed by atoms with van der Waals surface area (Å²) in [6.45, 7) is 4.95. The number of anilines is 1. The molecule has 1 heterocycles. The van der Waals surface area contributed by atoms with Crippen molar-refractivity contribution in [1.82, 2.24) is 15.1 Å². The summed E-state index contributed by atoms with van der Waals surface area (Å²) in [5.74, 6) is -0.891. The molecule has 1 unspecified atom stereocenters. The quantitative estimate of drug-likeness (QED) is 0.556. The summed E-state index contributed by atoms with van der Waals surface area (Å²) >= 11 is 0. The predicted octanol–water partition coefficient (Wildman–Crippen LogP) is 4.40. The fraction of sp³-hybridized carbons (Fsp3) is 0.250.